The van der Waals surface area contributed by atoms with E-state index in [0.29, 0.717) is 19.3 Å². The average Bonchev–Trinajstić information content (AvgIpc) is 3.20. The zero-order chi connectivity index (χ0) is 43.3. The SMILES string of the molecule is CCCCCCCCCCCCCCCC(=O)O[C@@H](COC(=O)CCCCCCCCCCCCCCCCC(C)C)COC(=O)CCCCCCCCCCC(C)C. The fraction of sp³-hybridized carbons (Fsp3) is 0.943. The maximum absolute atomic E-state index is 12.8. The van der Waals surface area contributed by atoms with Crippen molar-refractivity contribution in [1.29, 1.82) is 0 Å². The molecule has 0 saturated heterocycles. The number of unbranched alkanes of at least 4 members (excludes halogenated alkanes) is 32. The second kappa shape index (κ2) is 45.9. The van der Waals surface area contributed by atoms with Gasteiger partial charge >= 0.3 is 17.9 Å². The van der Waals surface area contributed by atoms with Crippen LogP contribution < -0.4 is 0 Å². The Balaban J connectivity index is 4.28. The molecule has 6 heteroatoms. The number of carbonyl (C=O) groups excluding carboxylic acids is 3. The van der Waals surface area contributed by atoms with Crippen LogP contribution in [0.4, 0.5) is 0 Å². The summed E-state index contributed by atoms with van der Waals surface area (Å²) in [6, 6.07) is 0. The lowest BCUT2D eigenvalue weighted by atomic mass is 10.0. The van der Waals surface area contributed by atoms with E-state index >= 15 is 0 Å². The standard InChI is InChI=1S/C53H102O6/c1-6-7-8-9-10-11-12-15-20-23-30-35-40-45-53(56)59-50(47-58-52(55)44-39-34-29-25-24-27-32-37-42-49(4)5)46-57-51(54)43-38-33-28-22-19-17-14-13-16-18-21-26-31-36-41-48(2)3/h48-50H,6-47H2,1-5H3/t50-/m0/s1. The van der Waals surface area contributed by atoms with Crippen LogP contribution in [0.15, 0.2) is 0 Å². The van der Waals surface area contributed by atoms with E-state index in [9.17, 15) is 14.4 Å². The first-order valence-corrected chi connectivity index (χ1v) is 26.2. The number of hydrogen-bond acceptors (Lipinski definition) is 6. The molecule has 0 saturated carbocycles. The van der Waals surface area contributed by atoms with Crippen LogP contribution in [-0.2, 0) is 28.6 Å². The maximum Gasteiger partial charge on any atom is 0.306 e. The van der Waals surface area contributed by atoms with Crippen LogP contribution >= 0.6 is 0 Å². The maximum atomic E-state index is 12.8. The van der Waals surface area contributed by atoms with Crippen LogP contribution in [0, 0.1) is 11.8 Å². The number of carbonyl (C=O) groups is 3. The first-order valence-electron chi connectivity index (χ1n) is 26.2. The predicted molar refractivity (Wildman–Crippen MR) is 252 cm³/mol. The molecule has 0 fully saturated rings. The molecule has 0 aliphatic carbocycles. The minimum atomic E-state index is -0.761. The van der Waals surface area contributed by atoms with Gasteiger partial charge in [-0.3, -0.25) is 14.4 Å². The summed E-state index contributed by atoms with van der Waals surface area (Å²) in [5.74, 6) is 0.793. The highest BCUT2D eigenvalue weighted by Gasteiger charge is 2.19. The molecule has 0 heterocycles. The number of hydrogen-bond donors (Lipinski definition) is 0. The number of esters is 3. The Morgan fingerprint density at radius 1 is 0.322 bits per heavy atom. The van der Waals surface area contributed by atoms with E-state index in [-0.39, 0.29) is 31.1 Å². The second-order valence-electron chi connectivity index (χ2n) is 19.1. The second-order valence-corrected chi connectivity index (χ2v) is 19.1. The highest BCUT2D eigenvalue weighted by Crippen LogP contribution is 2.17. The van der Waals surface area contributed by atoms with E-state index in [1.165, 1.54) is 180 Å². The molecule has 59 heavy (non-hydrogen) atoms. The molecule has 0 amide bonds. The quantitative estimate of drug-likeness (QED) is 0.0345. The molecule has 0 rings (SSSR count). The third kappa shape index (κ3) is 47.3. The molecule has 0 radical (unpaired) electrons. The van der Waals surface area contributed by atoms with Crippen LogP contribution in [0.2, 0.25) is 0 Å². The van der Waals surface area contributed by atoms with Gasteiger partial charge in [0.2, 0.25) is 0 Å². The molecule has 0 unspecified atom stereocenters. The van der Waals surface area contributed by atoms with Crippen LogP contribution in [0.25, 0.3) is 0 Å². The van der Waals surface area contributed by atoms with Crippen molar-refractivity contribution < 1.29 is 28.6 Å². The summed E-state index contributed by atoms with van der Waals surface area (Å²) in [5.41, 5.74) is 0. The van der Waals surface area contributed by atoms with Gasteiger partial charge in [-0.25, -0.2) is 0 Å². The zero-order valence-electron chi connectivity index (χ0n) is 40.4. The zero-order valence-corrected chi connectivity index (χ0v) is 40.4. The number of rotatable bonds is 47. The predicted octanol–water partition coefficient (Wildman–Crippen LogP) is 16.9. The third-order valence-electron chi connectivity index (χ3n) is 12.0. The third-order valence-corrected chi connectivity index (χ3v) is 12.0. The highest BCUT2D eigenvalue weighted by molar-refractivity contribution is 5.71. The van der Waals surface area contributed by atoms with Crippen molar-refractivity contribution >= 4 is 17.9 Å². The molecule has 1 atom stereocenters. The van der Waals surface area contributed by atoms with Crippen molar-refractivity contribution in [2.45, 2.75) is 298 Å². The van der Waals surface area contributed by atoms with Crippen molar-refractivity contribution in [1.82, 2.24) is 0 Å². The van der Waals surface area contributed by atoms with Crippen LogP contribution in [0.3, 0.4) is 0 Å². The molecule has 6 nitrogen and oxygen atoms in total. The van der Waals surface area contributed by atoms with Gasteiger partial charge in [-0.15, -0.1) is 0 Å². The molecule has 0 aliphatic rings. The Morgan fingerprint density at radius 3 is 0.831 bits per heavy atom. The lowest BCUT2D eigenvalue weighted by Gasteiger charge is -2.18. The minimum Gasteiger partial charge on any atom is -0.462 e. The van der Waals surface area contributed by atoms with Crippen molar-refractivity contribution in [3.8, 4) is 0 Å². The Kier molecular flexibility index (Phi) is 44.7. The van der Waals surface area contributed by atoms with Gasteiger partial charge in [-0.2, -0.15) is 0 Å². The van der Waals surface area contributed by atoms with Gasteiger partial charge < -0.3 is 14.2 Å². The van der Waals surface area contributed by atoms with Gasteiger partial charge in [-0.1, -0.05) is 253 Å². The molecule has 0 bridgehead atoms. The molecule has 350 valence electrons. The highest BCUT2D eigenvalue weighted by atomic mass is 16.6. The summed E-state index contributed by atoms with van der Waals surface area (Å²) in [6.07, 6.45) is 46.6. The van der Waals surface area contributed by atoms with E-state index in [0.717, 1.165) is 69.6 Å². The molecular formula is C53H102O6. The summed E-state index contributed by atoms with van der Waals surface area (Å²) in [7, 11) is 0. The van der Waals surface area contributed by atoms with Crippen molar-refractivity contribution in [2.24, 2.45) is 11.8 Å². The van der Waals surface area contributed by atoms with Gasteiger partial charge in [0, 0.05) is 19.3 Å². The molecule has 0 spiro atoms. The van der Waals surface area contributed by atoms with Gasteiger partial charge in [-0.05, 0) is 31.1 Å². The lowest BCUT2D eigenvalue weighted by molar-refractivity contribution is -0.167. The Hall–Kier alpha value is -1.59. The summed E-state index contributed by atoms with van der Waals surface area (Å²) >= 11 is 0. The molecule has 0 aromatic carbocycles. The lowest BCUT2D eigenvalue weighted by Crippen LogP contribution is -2.30. The summed E-state index contributed by atoms with van der Waals surface area (Å²) in [4.78, 5) is 37.9. The van der Waals surface area contributed by atoms with E-state index in [4.69, 9.17) is 14.2 Å². The first-order chi connectivity index (χ1) is 28.7. The monoisotopic (exact) mass is 835 g/mol. The van der Waals surface area contributed by atoms with Crippen LogP contribution in [0.5, 0.6) is 0 Å². The molecule has 0 aromatic rings. The van der Waals surface area contributed by atoms with E-state index in [2.05, 4.69) is 34.6 Å². The van der Waals surface area contributed by atoms with Crippen molar-refractivity contribution in [2.75, 3.05) is 13.2 Å². The summed E-state index contributed by atoms with van der Waals surface area (Å²) < 4.78 is 16.8. The Morgan fingerprint density at radius 2 is 0.559 bits per heavy atom. The molecule has 0 aliphatic heterocycles. The van der Waals surface area contributed by atoms with E-state index in [1.54, 1.807) is 0 Å². The Bertz CT molecular complexity index is 900. The van der Waals surface area contributed by atoms with Gasteiger partial charge in [0.1, 0.15) is 13.2 Å². The van der Waals surface area contributed by atoms with Gasteiger partial charge in [0.25, 0.3) is 0 Å². The Labute approximate surface area is 368 Å². The van der Waals surface area contributed by atoms with Crippen LogP contribution in [0.1, 0.15) is 291 Å². The average molecular weight is 835 g/mol. The fourth-order valence-electron chi connectivity index (χ4n) is 7.99. The van der Waals surface area contributed by atoms with Crippen molar-refractivity contribution in [3.05, 3.63) is 0 Å². The normalized spacial score (nSPS) is 12.1. The molecular weight excluding hydrogens is 733 g/mol. The largest absolute Gasteiger partial charge is 0.462 e. The van der Waals surface area contributed by atoms with Crippen LogP contribution in [-0.4, -0.2) is 37.2 Å². The minimum absolute atomic E-state index is 0.0637. The molecule has 0 N–H and O–H groups in total. The number of ether oxygens (including phenoxy) is 3. The fourth-order valence-corrected chi connectivity index (χ4v) is 7.99. The smallest absolute Gasteiger partial charge is 0.306 e. The van der Waals surface area contributed by atoms with E-state index < -0.39 is 6.10 Å². The molecule has 0 aromatic heterocycles. The first kappa shape index (κ1) is 57.4. The van der Waals surface area contributed by atoms with E-state index in [1.807, 2.05) is 0 Å². The summed E-state index contributed by atoms with van der Waals surface area (Å²) in [6.45, 7) is 11.4. The van der Waals surface area contributed by atoms with Gasteiger partial charge in [0.15, 0.2) is 6.10 Å². The van der Waals surface area contributed by atoms with Crippen molar-refractivity contribution in [3.63, 3.8) is 0 Å². The van der Waals surface area contributed by atoms with Gasteiger partial charge in [0.05, 0.1) is 0 Å². The topological polar surface area (TPSA) is 78.9 Å². The summed E-state index contributed by atoms with van der Waals surface area (Å²) in [5, 5.41) is 0.